The van der Waals surface area contributed by atoms with Crippen molar-refractivity contribution in [1.82, 2.24) is 4.90 Å². The molecule has 0 amide bonds. The summed E-state index contributed by atoms with van der Waals surface area (Å²) in [7, 11) is 1.66. The normalized spacial score (nSPS) is 16.5. The van der Waals surface area contributed by atoms with Gasteiger partial charge in [-0.15, -0.1) is 0 Å². The number of Topliss-reactive ketones (excluding diaryl/α,β-unsaturated/α-hetero) is 1. The Morgan fingerprint density at radius 3 is 2.68 bits per heavy atom. The number of nitrogens with zero attached hydrogens (tertiary/aromatic N) is 1. The first kappa shape index (κ1) is 19.8. The Balaban J connectivity index is 1.40. The van der Waals surface area contributed by atoms with Crippen molar-refractivity contribution in [1.29, 1.82) is 0 Å². The van der Waals surface area contributed by atoms with Crippen LogP contribution in [-0.4, -0.2) is 24.5 Å². The van der Waals surface area contributed by atoms with E-state index in [-0.39, 0.29) is 5.78 Å². The Labute approximate surface area is 189 Å². The maximum absolute atomic E-state index is 13.0. The van der Waals surface area contributed by atoms with E-state index < -0.39 is 0 Å². The first-order valence-corrected chi connectivity index (χ1v) is 10.7. The van der Waals surface area contributed by atoms with E-state index in [0.29, 0.717) is 30.3 Å². The number of allylic oxidation sites excluding steroid dienone is 1. The summed E-state index contributed by atoms with van der Waals surface area (Å²) in [5.74, 6) is 2.40. The first-order valence-electron chi connectivity index (χ1n) is 9.95. The fraction of sp³-hybridized carbons (Fsp3) is 0.160. The predicted octanol–water partition coefficient (Wildman–Crippen LogP) is 5.43. The predicted molar refractivity (Wildman–Crippen MR) is 121 cm³/mol. The second-order valence-corrected chi connectivity index (χ2v) is 8.34. The lowest BCUT2D eigenvalue weighted by Crippen LogP contribution is -2.31. The molecule has 3 aromatic rings. The summed E-state index contributed by atoms with van der Waals surface area (Å²) < 4.78 is 18.2. The van der Waals surface area contributed by atoms with Crippen molar-refractivity contribution in [2.45, 2.75) is 13.1 Å². The molecule has 0 aromatic heterocycles. The highest BCUT2D eigenvalue weighted by Crippen LogP contribution is 2.42. The minimum absolute atomic E-state index is 0.110. The van der Waals surface area contributed by atoms with Crippen LogP contribution in [0.25, 0.3) is 6.08 Å². The van der Waals surface area contributed by atoms with Crippen LogP contribution >= 0.6 is 15.9 Å². The van der Waals surface area contributed by atoms with E-state index in [2.05, 4.69) is 20.8 Å². The van der Waals surface area contributed by atoms with Gasteiger partial charge in [0.1, 0.15) is 24.0 Å². The lowest BCUT2D eigenvalue weighted by molar-refractivity contribution is 0.0872. The molecule has 0 spiro atoms. The summed E-state index contributed by atoms with van der Waals surface area (Å²) in [5.41, 5.74) is 3.53. The molecule has 0 aliphatic carbocycles. The van der Waals surface area contributed by atoms with E-state index in [0.717, 1.165) is 39.2 Å². The van der Waals surface area contributed by atoms with Crippen LogP contribution in [0.3, 0.4) is 0 Å². The maximum atomic E-state index is 13.0. The van der Waals surface area contributed by atoms with Crippen molar-refractivity contribution >= 4 is 27.8 Å². The fourth-order valence-corrected chi connectivity index (χ4v) is 4.23. The quantitative estimate of drug-likeness (QED) is 0.469. The molecule has 0 fully saturated rings. The minimum atomic E-state index is -0.110. The number of hydrogen-bond acceptors (Lipinski definition) is 5. The summed E-state index contributed by atoms with van der Waals surface area (Å²) >= 11 is 3.52. The van der Waals surface area contributed by atoms with Gasteiger partial charge in [0.25, 0.3) is 0 Å². The third-order valence-electron chi connectivity index (χ3n) is 5.44. The Kier molecular flexibility index (Phi) is 5.26. The van der Waals surface area contributed by atoms with Gasteiger partial charge < -0.3 is 14.2 Å². The lowest BCUT2D eigenvalue weighted by Gasteiger charge is -2.29. The van der Waals surface area contributed by atoms with Gasteiger partial charge in [-0.1, -0.05) is 46.3 Å². The SMILES string of the molecule is COc1ccc(CN2COc3ccc4c(c3C2)O/C(=C\c2ccccc2Br)C4=O)cc1. The third kappa shape index (κ3) is 3.84. The number of rotatable bonds is 4. The van der Waals surface area contributed by atoms with Crippen LogP contribution in [0.15, 0.2) is 70.9 Å². The molecule has 0 N–H and O–H groups in total. The first-order chi connectivity index (χ1) is 15.1. The molecule has 0 saturated carbocycles. The van der Waals surface area contributed by atoms with Crippen molar-refractivity contribution < 1.29 is 19.0 Å². The fourth-order valence-electron chi connectivity index (χ4n) is 3.83. The maximum Gasteiger partial charge on any atom is 0.231 e. The van der Waals surface area contributed by atoms with Gasteiger partial charge in [0.15, 0.2) is 5.76 Å². The monoisotopic (exact) mass is 477 g/mol. The molecule has 156 valence electrons. The topological polar surface area (TPSA) is 48.0 Å². The molecule has 5 nitrogen and oxygen atoms in total. The number of carbonyl (C=O) groups is 1. The van der Waals surface area contributed by atoms with Crippen LogP contribution in [0, 0.1) is 0 Å². The van der Waals surface area contributed by atoms with Gasteiger partial charge in [-0.25, -0.2) is 0 Å². The molecule has 2 aliphatic heterocycles. The van der Waals surface area contributed by atoms with Crippen LogP contribution in [0.1, 0.15) is 27.0 Å². The van der Waals surface area contributed by atoms with E-state index in [4.69, 9.17) is 14.2 Å². The molecule has 2 aliphatic rings. The number of carbonyl (C=O) groups excluding carboxylic acids is 1. The second kappa shape index (κ2) is 8.21. The molecule has 0 atom stereocenters. The van der Waals surface area contributed by atoms with E-state index in [1.807, 2.05) is 54.6 Å². The van der Waals surface area contributed by atoms with Gasteiger partial charge in [0.2, 0.25) is 5.78 Å². The number of halogens is 1. The number of fused-ring (bicyclic) bond motifs is 3. The zero-order valence-electron chi connectivity index (χ0n) is 16.9. The summed E-state index contributed by atoms with van der Waals surface area (Å²) in [6.07, 6.45) is 1.78. The van der Waals surface area contributed by atoms with Gasteiger partial charge in [0.05, 0.1) is 18.2 Å². The van der Waals surface area contributed by atoms with Crippen LogP contribution < -0.4 is 14.2 Å². The molecular weight excluding hydrogens is 458 g/mol. The molecule has 31 heavy (non-hydrogen) atoms. The molecule has 3 aromatic carbocycles. The van der Waals surface area contributed by atoms with Crippen LogP contribution in [0.4, 0.5) is 0 Å². The smallest absolute Gasteiger partial charge is 0.231 e. The van der Waals surface area contributed by atoms with E-state index in [9.17, 15) is 4.79 Å². The van der Waals surface area contributed by atoms with E-state index in [1.54, 1.807) is 19.3 Å². The molecule has 0 bridgehead atoms. The minimum Gasteiger partial charge on any atom is -0.497 e. The molecule has 2 heterocycles. The Morgan fingerprint density at radius 1 is 1.10 bits per heavy atom. The van der Waals surface area contributed by atoms with Gasteiger partial charge in [0, 0.05) is 17.6 Å². The van der Waals surface area contributed by atoms with Gasteiger partial charge in [-0.05, 0) is 47.5 Å². The van der Waals surface area contributed by atoms with Gasteiger partial charge in [-0.2, -0.15) is 0 Å². The Hall–Kier alpha value is -3.09. The largest absolute Gasteiger partial charge is 0.497 e. The van der Waals surface area contributed by atoms with Crippen LogP contribution in [-0.2, 0) is 13.1 Å². The lowest BCUT2D eigenvalue weighted by atomic mass is 10.0. The molecule has 0 unspecified atom stereocenters. The average Bonchev–Trinajstić information content (AvgIpc) is 3.12. The van der Waals surface area contributed by atoms with Crippen LogP contribution in [0.2, 0.25) is 0 Å². The van der Waals surface area contributed by atoms with Gasteiger partial charge >= 0.3 is 0 Å². The number of ether oxygens (including phenoxy) is 3. The summed E-state index contributed by atoms with van der Waals surface area (Å²) in [5, 5.41) is 0. The molecule has 0 saturated heterocycles. The zero-order chi connectivity index (χ0) is 21.4. The third-order valence-corrected chi connectivity index (χ3v) is 6.16. The number of methoxy groups -OCH3 is 1. The molecule has 6 heteroatoms. The van der Waals surface area contributed by atoms with E-state index >= 15 is 0 Å². The van der Waals surface area contributed by atoms with Crippen molar-refractivity contribution in [3.05, 3.63) is 93.1 Å². The van der Waals surface area contributed by atoms with Crippen molar-refractivity contribution in [2.24, 2.45) is 0 Å². The van der Waals surface area contributed by atoms with Crippen LogP contribution in [0.5, 0.6) is 17.2 Å². The van der Waals surface area contributed by atoms with Crippen molar-refractivity contribution in [3.8, 4) is 17.2 Å². The summed E-state index contributed by atoms with van der Waals surface area (Å²) in [6, 6.07) is 19.4. The number of benzene rings is 3. The van der Waals surface area contributed by atoms with Crippen molar-refractivity contribution in [2.75, 3.05) is 13.8 Å². The average molecular weight is 478 g/mol. The molecule has 5 rings (SSSR count). The standard InChI is InChI=1S/C25H20BrNO4/c1-29-18-8-6-16(7-9-18)13-27-14-20-22(30-15-27)11-10-19-24(28)23(31-25(19)20)12-17-4-2-3-5-21(17)26/h2-12H,13-15H2,1H3/b23-12-. The number of ketones is 1. The molecular formula is C25H20BrNO4. The Bertz CT molecular complexity index is 1190. The number of hydrogen-bond donors (Lipinski definition) is 0. The van der Waals surface area contributed by atoms with Crippen molar-refractivity contribution in [3.63, 3.8) is 0 Å². The van der Waals surface area contributed by atoms with E-state index in [1.165, 1.54) is 0 Å². The van der Waals surface area contributed by atoms with Gasteiger partial charge in [-0.3, -0.25) is 9.69 Å². The zero-order valence-corrected chi connectivity index (χ0v) is 18.5. The Morgan fingerprint density at radius 2 is 1.90 bits per heavy atom. The highest BCUT2D eigenvalue weighted by molar-refractivity contribution is 9.10. The summed E-state index contributed by atoms with van der Waals surface area (Å²) in [6.45, 7) is 1.84. The second-order valence-electron chi connectivity index (χ2n) is 7.49. The molecule has 0 radical (unpaired) electrons. The summed E-state index contributed by atoms with van der Waals surface area (Å²) in [4.78, 5) is 15.1. The highest BCUT2D eigenvalue weighted by Gasteiger charge is 2.33. The highest BCUT2D eigenvalue weighted by atomic mass is 79.9.